The maximum absolute atomic E-state index is 11.1. The fourth-order valence-electron chi connectivity index (χ4n) is 1.14. The smallest absolute Gasteiger partial charge is 0.331 e. The largest absolute Gasteiger partial charge is 0.479 e. The summed E-state index contributed by atoms with van der Waals surface area (Å²) in [6, 6.07) is 0. The van der Waals surface area contributed by atoms with Crippen molar-refractivity contribution in [1.82, 2.24) is 9.78 Å². The summed E-state index contributed by atoms with van der Waals surface area (Å²) in [4.78, 5) is 11.1. The standard InChI is InChI=1S/C9H15N3O2/c1-4-9(3,8(13)14)12-5-7(10)6(2)11-12/h5H,4,10H2,1-3H3,(H,13,14). The molecule has 5 nitrogen and oxygen atoms in total. The van der Waals surface area contributed by atoms with Gasteiger partial charge >= 0.3 is 5.97 Å². The first kappa shape index (κ1) is 10.6. The second-order valence-corrected chi connectivity index (χ2v) is 3.55. The Bertz CT molecular complexity index is 339. The summed E-state index contributed by atoms with van der Waals surface area (Å²) < 4.78 is 1.42. The van der Waals surface area contributed by atoms with Crippen LogP contribution in [-0.4, -0.2) is 20.9 Å². The van der Waals surface area contributed by atoms with Gasteiger partial charge in [0.15, 0.2) is 5.54 Å². The van der Waals surface area contributed by atoms with Crippen molar-refractivity contribution in [2.24, 2.45) is 0 Å². The molecule has 1 heterocycles. The fourth-order valence-corrected chi connectivity index (χ4v) is 1.14. The second-order valence-electron chi connectivity index (χ2n) is 3.55. The summed E-state index contributed by atoms with van der Waals surface area (Å²) in [5.74, 6) is -0.900. The SMILES string of the molecule is CCC(C)(C(=O)O)n1cc(N)c(C)n1. The normalized spacial score (nSPS) is 15.1. The van der Waals surface area contributed by atoms with E-state index in [-0.39, 0.29) is 0 Å². The summed E-state index contributed by atoms with van der Waals surface area (Å²) in [6.07, 6.45) is 2.02. The van der Waals surface area contributed by atoms with Gasteiger partial charge in [-0.1, -0.05) is 6.92 Å². The van der Waals surface area contributed by atoms with Crippen LogP contribution < -0.4 is 5.73 Å². The minimum atomic E-state index is -1.01. The van der Waals surface area contributed by atoms with Gasteiger partial charge in [0, 0.05) is 6.20 Å². The Labute approximate surface area is 82.5 Å². The predicted octanol–water partition coefficient (Wildman–Crippen LogP) is 0.984. The summed E-state index contributed by atoms with van der Waals surface area (Å²) in [5.41, 5.74) is 5.78. The molecule has 1 rings (SSSR count). The minimum absolute atomic E-state index is 0.461. The van der Waals surface area contributed by atoms with E-state index < -0.39 is 11.5 Å². The molecule has 1 aromatic heterocycles. The molecule has 0 aromatic carbocycles. The molecule has 0 saturated heterocycles. The van der Waals surface area contributed by atoms with Gasteiger partial charge in [0.05, 0.1) is 11.4 Å². The molecule has 0 amide bonds. The number of aliphatic carboxylic acids is 1. The molecule has 5 heteroatoms. The summed E-state index contributed by atoms with van der Waals surface area (Å²) in [5, 5.41) is 13.2. The van der Waals surface area contributed by atoms with Gasteiger partial charge in [0.2, 0.25) is 0 Å². The molecular weight excluding hydrogens is 182 g/mol. The highest BCUT2D eigenvalue weighted by molar-refractivity contribution is 5.76. The third-order valence-electron chi connectivity index (χ3n) is 2.59. The fraction of sp³-hybridized carbons (Fsp3) is 0.556. The van der Waals surface area contributed by atoms with Crippen LogP contribution in [0.25, 0.3) is 0 Å². The van der Waals surface area contributed by atoms with Gasteiger partial charge in [0.25, 0.3) is 0 Å². The molecule has 0 radical (unpaired) electrons. The van der Waals surface area contributed by atoms with Crippen LogP contribution in [-0.2, 0) is 10.3 Å². The van der Waals surface area contributed by atoms with Gasteiger partial charge in [-0.15, -0.1) is 0 Å². The average Bonchev–Trinajstić information content (AvgIpc) is 2.45. The van der Waals surface area contributed by atoms with Crippen molar-refractivity contribution in [3.63, 3.8) is 0 Å². The van der Waals surface area contributed by atoms with Gasteiger partial charge in [-0.05, 0) is 20.3 Å². The molecule has 0 aliphatic heterocycles. The number of carboxylic acids is 1. The Kier molecular flexibility index (Phi) is 2.51. The highest BCUT2D eigenvalue weighted by Gasteiger charge is 2.34. The van der Waals surface area contributed by atoms with E-state index in [1.54, 1.807) is 27.0 Å². The first-order valence-electron chi connectivity index (χ1n) is 4.47. The van der Waals surface area contributed by atoms with Crippen molar-refractivity contribution in [1.29, 1.82) is 0 Å². The Morgan fingerprint density at radius 1 is 1.79 bits per heavy atom. The van der Waals surface area contributed by atoms with Crippen LogP contribution in [0.1, 0.15) is 26.0 Å². The van der Waals surface area contributed by atoms with Gasteiger partial charge in [-0.3, -0.25) is 4.68 Å². The van der Waals surface area contributed by atoms with E-state index in [9.17, 15) is 4.79 Å². The Hall–Kier alpha value is -1.52. The molecule has 0 saturated carbocycles. The number of hydrogen-bond donors (Lipinski definition) is 2. The number of hydrogen-bond acceptors (Lipinski definition) is 3. The summed E-state index contributed by atoms with van der Waals surface area (Å²) >= 11 is 0. The van der Waals surface area contributed by atoms with E-state index >= 15 is 0 Å². The van der Waals surface area contributed by atoms with Crippen LogP contribution in [0.5, 0.6) is 0 Å². The first-order valence-corrected chi connectivity index (χ1v) is 4.47. The molecular formula is C9H15N3O2. The second kappa shape index (κ2) is 3.32. The number of aromatic nitrogens is 2. The quantitative estimate of drug-likeness (QED) is 0.756. The van der Waals surface area contributed by atoms with Crippen LogP contribution in [0.2, 0.25) is 0 Å². The highest BCUT2D eigenvalue weighted by atomic mass is 16.4. The van der Waals surface area contributed by atoms with Crippen molar-refractivity contribution >= 4 is 11.7 Å². The molecule has 0 spiro atoms. The third kappa shape index (κ3) is 1.45. The van der Waals surface area contributed by atoms with Crippen LogP contribution in [0.3, 0.4) is 0 Å². The number of nitrogen functional groups attached to an aromatic ring is 1. The number of rotatable bonds is 3. The van der Waals surface area contributed by atoms with Crippen LogP contribution in [0, 0.1) is 6.92 Å². The van der Waals surface area contributed by atoms with Crippen molar-refractivity contribution < 1.29 is 9.90 Å². The van der Waals surface area contributed by atoms with Crippen LogP contribution >= 0.6 is 0 Å². The Morgan fingerprint density at radius 3 is 2.64 bits per heavy atom. The third-order valence-corrected chi connectivity index (χ3v) is 2.59. The average molecular weight is 197 g/mol. The maximum atomic E-state index is 11.1. The zero-order chi connectivity index (χ0) is 10.9. The number of carboxylic acid groups (broad SMARTS) is 1. The maximum Gasteiger partial charge on any atom is 0.331 e. The number of carbonyl (C=O) groups is 1. The van der Waals surface area contributed by atoms with Crippen LogP contribution in [0.15, 0.2) is 6.20 Å². The predicted molar refractivity (Wildman–Crippen MR) is 53.0 cm³/mol. The number of nitrogens with two attached hydrogens (primary N) is 1. The summed E-state index contributed by atoms with van der Waals surface area (Å²) in [6.45, 7) is 5.19. The molecule has 1 unspecified atom stereocenters. The van der Waals surface area contributed by atoms with E-state index in [2.05, 4.69) is 5.10 Å². The van der Waals surface area contributed by atoms with Gasteiger partial charge in [0.1, 0.15) is 0 Å². The number of nitrogens with zero attached hydrogens (tertiary/aromatic N) is 2. The molecule has 0 aliphatic rings. The minimum Gasteiger partial charge on any atom is -0.479 e. The molecule has 0 fully saturated rings. The molecule has 0 aliphatic carbocycles. The topological polar surface area (TPSA) is 81.1 Å². The summed E-state index contributed by atoms with van der Waals surface area (Å²) in [7, 11) is 0. The highest BCUT2D eigenvalue weighted by Crippen LogP contribution is 2.22. The van der Waals surface area contributed by atoms with Crippen LogP contribution in [0.4, 0.5) is 5.69 Å². The van der Waals surface area contributed by atoms with Crippen molar-refractivity contribution in [3.05, 3.63) is 11.9 Å². The monoisotopic (exact) mass is 197 g/mol. The molecule has 14 heavy (non-hydrogen) atoms. The van der Waals surface area contributed by atoms with E-state index in [0.29, 0.717) is 17.8 Å². The van der Waals surface area contributed by atoms with E-state index in [1.165, 1.54) is 4.68 Å². The lowest BCUT2D eigenvalue weighted by molar-refractivity contribution is -0.147. The lowest BCUT2D eigenvalue weighted by atomic mass is 10.00. The van der Waals surface area contributed by atoms with E-state index in [1.807, 2.05) is 0 Å². The van der Waals surface area contributed by atoms with Crippen molar-refractivity contribution in [2.45, 2.75) is 32.7 Å². The lowest BCUT2D eigenvalue weighted by Gasteiger charge is -2.23. The Balaban J connectivity index is 3.19. The zero-order valence-corrected chi connectivity index (χ0v) is 8.61. The lowest BCUT2D eigenvalue weighted by Crippen LogP contribution is -2.38. The van der Waals surface area contributed by atoms with Gasteiger partial charge in [-0.2, -0.15) is 5.10 Å². The number of anilines is 1. The van der Waals surface area contributed by atoms with Gasteiger partial charge in [-0.25, -0.2) is 4.79 Å². The molecule has 3 N–H and O–H groups in total. The molecule has 0 bridgehead atoms. The Morgan fingerprint density at radius 2 is 2.36 bits per heavy atom. The molecule has 78 valence electrons. The zero-order valence-electron chi connectivity index (χ0n) is 8.61. The number of aryl methyl sites for hydroxylation is 1. The van der Waals surface area contributed by atoms with Gasteiger partial charge < -0.3 is 10.8 Å². The van der Waals surface area contributed by atoms with Crippen molar-refractivity contribution in [2.75, 3.05) is 5.73 Å². The first-order chi connectivity index (χ1) is 6.41. The van der Waals surface area contributed by atoms with Crippen molar-refractivity contribution in [3.8, 4) is 0 Å². The molecule has 1 atom stereocenters. The van der Waals surface area contributed by atoms with E-state index in [0.717, 1.165) is 0 Å². The molecule has 1 aromatic rings. The van der Waals surface area contributed by atoms with E-state index in [4.69, 9.17) is 10.8 Å².